The second-order valence-corrected chi connectivity index (χ2v) is 7.63. The first kappa shape index (κ1) is 16.3. The highest BCUT2D eigenvalue weighted by Crippen LogP contribution is 2.47. The molecular formula is C22H18O4. The Balaban J connectivity index is 2.19. The molecule has 2 N–H and O–H groups in total. The van der Waals surface area contributed by atoms with Crippen LogP contribution in [0.4, 0.5) is 0 Å². The van der Waals surface area contributed by atoms with Crippen LogP contribution in [0.2, 0.25) is 0 Å². The van der Waals surface area contributed by atoms with Gasteiger partial charge >= 0.3 is 0 Å². The van der Waals surface area contributed by atoms with E-state index in [1.54, 1.807) is 36.4 Å². The minimum Gasteiger partial charge on any atom is -0.506 e. The van der Waals surface area contributed by atoms with E-state index in [0.29, 0.717) is 10.8 Å². The molecule has 0 aromatic heterocycles. The quantitative estimate of drug-likeness (QED) is 0.465. The third kappa shape index (κ3) is 2.02. The fraction of sp³-hybridized carbons (Fsp3) is 0.182. The van der Waals surface area contributed by atoms with E-state index in [1.165, 1.54) is 0 Å². The van der Waals surface area contributed by atoms with E-state index in [0.717, 1.165) is 5.56 Å². The van der Waals surface area contributed by atoms with Crippen molar-refractivity contribution in [2.45, 2.75) is 26.2 Å². The smallest absolute Gasteiger partial charge is 0.198 e. The van der Waals surface area contributed by atoms with Gasteiger partial charge in [-0.25, -0.2) is 0 Å². The first-order valence-corrected chi connectivity index (χ1v) is 8.43. The molecule has 130 valence electrons. The van der Waals surface area contributed by atoms with Crippen molar-refractivity contribution in [2.24, 2.45) is 0 Å². The molecule has 0 saturated heterocycles. The van der Waals surface area contributed by atoms with Crippen molar-refractivity contribution in [3.05, 3.63) is 70.3 Å². The molecule has 4 nitrogen and oxygen atoms in total. The summed E-state index contributed by atoms with van der Waals surface area (Å²) < 4.78 is 0. The average molecular weight is 346 g/mol. The number of carbonyl (C=O) groups excluding carboxylic acids is 2. The summed E-state index contributed by atoms with van der Waals surface area (Å²) >= 11 is 0. The van der Waals surface area contributed by atoms with Gasteiger partial charge in [-0.15, -0.1) is 0 Å². The Labute approximate surface area is 150 Å². The number of carbonyl (C=O) groups is 2. The molecule has 3 aromatic carbocycles. The van der Waals surface area contributed by atoms with E-state index in [-0.39, 0.29) is 39.2 Å². The molecule has 0 fully saturated rings. The van der Waals surface area contributed by atoms with E-state index >= 15 is 0 Å². The SMILES string of the molecule is CC(C)(C)c1cccc2c(O)c3c(c(O)c12)C(=O)c1ccccc1C3=O. The number of fused-ring (bicyclic) bond motifs is 3. The molecule has 3 aromatic rings. The van der Waals surface area contributed by atoms with Crippen molar-refractivity contribution in [3.8, 4) is 11.5 Å². The Bertz CT molecular complexity index is 1120. The summed E-state index contributed by atoms with van der Waals surface area (Å²) in [5.74, 6) is -1.40. The lowest BCUT2D eigenvalue weighted by atomic mass is 9.78. The van der Waals surface area contributed by atoms with E-state index in [9.17, 15) is 19.8 Å². The summed E-state index contributed by atoms with van der Waals surface area (Å²) in [5, 5.41) is 22.6. The zero-order valence-corrected chi connectivity index (χ0v) is 14.8. The van der Waals surface area contributed by atoms with E-state index in [2.05, 4.69) is 0 Å². The van der Waals surface area contributed by atoms with Gasteiger partial charge in [0.25, 0.3) is 0 Å². The van der Waals surface area contributed by atoms with Crippen molar-refractivity contribution in [1.29, 1.82) is 0 Å². The number of phenols is 2. The number of phenolic OH excluding ortho intramolecular Hbond substituents is 2. The number of hydrogen-bond donors (Lipinski definition) is 2. The monoisotopic (exact) mass is 346 g/mol. The third-order valence-electron chi connectivity index (χ3n) is 4.96. The molecular weight excluding hydrogens is 328 g/mol. The zero-order chi connectivity index (χ0) is 18.8. The number of aromatic hydroxyl groups is 2. The first-order valence-electron chi connectivity index (χ1n) is 8.43. The van der Waals surface area contributed by atoms with Gasteiger partial charge < -0.3 is 10.2 Å². The fourth-order valence-electron chi connectivity index (χ4n) is 3.72. The van der Waals surface area contributed by atoms with Crippen molar-refractivity contribution in [3.63, 3.8) is 0 Å². The molecule has 1 aliphatic rings. The van der Waals surface area contributed by atoms with E-state index in [4.69, 9.17) is 0 Å². The normalized spacial score (nSPS) is 13.7. The van der Waals surface area contributed by atoms with Crippen LogP contribution >= 0.6 is 0 Å². The summed E-state index contributed by atoms with van der Waals surface area (Å²) in [7, 11) is 0. The maximum Gasteiger partial charge on any atom is 0.198 e. The van der Waals surface area contributed by atoms with Gasteiger partial charge in [0.15, 0.2) is 11.6 Å². The molecule has 0 aliphatic heterocycles. The number of hydrogen-bond acceptors (Lipinski definition) is 4. The van der Waals surface area contributed by atoms with Gasteiger partial charge in [-0.3, -0.25) is 9.59 Å². The van der Waals surface area contributed by atoms with Crippen molar-refractivity contribution in [1.82, 2.24) is 0 Å². The van der Waals surface area contributed by atoms with Gasteiger partial charge in [0, 0.05) is 21.9 Å². The molecule has 0 saturated carbocycles. The van der Waals surface area contributed by atoms with Crippen molar-refractivity contribution in [2.75, 3.05) is 0 Å². The third-order valence-corrected chi connectivity index (χ3v) is 4.96. The Kier molecular flexibility index (Phi) is 3.25. The largest absolute Gasteiger partial charge is 0.506 e. The van der Waals surface area contributed by atoms with Gasteiger partial charge in [0.2, 0.25) is 0 Å². The average Bonchev–Trinajstić information content (AvgIpc) is 2.61. The standard InChI is InChI=1S/C22H18O4/c1-22(2,3)14-10-6-9-13-15(14)21(26)17-16(20(13)25)18(23)11-7-4-5-8-12(11)19(17)24/h4-10,25-26H,1-3H3. The molecule has 4 heteroatoms. The lowest BCUT2D eigenvalue weighted by Crippen LogP contribution is -2.22. The molecule has 1 aliphatic carbocycles. The molecule has 0 radical (unpaired) electrons. The highest BCUT2D eigenvalue weighted by molar-refractivity contribution is 6.32. The van der Waals surface area contributed by atoms with Crippen molar-refractivity contribution < 1.29 is 19.8 Å². The van der Waals surface area contributed by atoms with E-state index < -0.39 is 11.6 Å². The van der Waals surface area contributed by atoms with Crippen LogP contribution in [0.25, 0.3) is 10.8 Å². The van der Waals surface area contributed by atoms with Gasteiger partial charge in [-0.05, 0) is 11.0 Å². The van der Waals surface area contributed by atoms with Gasteiger partial charge in [-0.1, -0.05) is 63.2 Å². The maximum absolute atomic E-state index is 13.0. The highest BCUT2D eigenvalue weighted by atomic mass is 16.3. The molecule has 0 bridgehead atoms. The van der Waals surface area contributed by atoms with Gasteiger partial charge in [0.1, 0.15) is 11.5 Å². The number of rotatable bonds is 0. The number of ketones is 2. The van der Waals surface area contributed by atoms with E-state index in [1.807, 2.05) is 26.8 Å². The predicted molar refractivity (Wildman–Crippen MR) is 99.3 cm³/mol. The van der Waals surface area contributed by atoms with Crippen molar-refractivity contribution >= 4 is 22.3 Å². The van der Waals surface area contributed by atoms with Gasteiger partial charge in [0.05, 0.1) is 11.1 Å². The van der Waals surface area contributed by atoms with Crippen LogP contribution in [0, 0.1) is 0 Å². The highest BCUT2D eigenvalue weighted by Gasteiger charge is 2.37. The number of benzene rings is 3. The minimum absolute atomic E-state index is 0.115. The maximum atomic E-state index is 13.0. The lowest BCUT2D eigenvalue weighted by molar-refractivity contribution is 0.0974. The van der Waals surface area contributed by atoms with Crippen LogP contribution in [0.5, 0.6) is 11.5 Å². The lowest BCUT2D eigenvalue weighted by Gasteiger charge is -2.25. The Morgan fingerprint density at radius 1 is 0.731 bits per heavy atom. The van der Waals surface area contributed by atoms with Crippen LogP contribution in [0.15, 0.2) is 42.5 Å². The first-order chi connectivity index (χ1) is 12.2. The van der Waals surface area contributed by atoms with Gasteiger partial charge in [-0.2, -0.15) is 0 Å². The molecule has 0 amide bonds. The van der Waals surface area contributed by atoms with Crippen LogP contribution in [0.1, 0.15) is 58.2 Å². The Morgan fingerprint density at radius 2 is 1.27 bits per heavy atom. The Hall–Kier alpha value is -3.14. The van der Waals surface area contributed by atoms with Crippen LogP contribution in [-0.2, 0) is 5.41 Å². The zero-order valence-electron chi connectivity index (χ0n) is 14.8. The second-order valence-electron chi connectivity index (χ2n) is 7.63. The summed E-state index contributed by atoms with van der Waals surface area (Å²) in [6.45, 7) is 5.96. The summed E-state index contributed by atoms with van der Waals surface area (Å²) in [6, 6.07) is 11.8. The summed E-state index contributed by atoms with van der Waals surface area (Å²) in [5.41, 5.74) is 0.722. The molecule has 4 rings (SSSR count). The second kappa shape index (κ2) is 5.18. The predicted octanol–water partition coefficient (Wildman–Crippen LogP) is 4.32. The van der Waals surface area contributed by atoms with Crippen LogP contribution in [0.3, 0.4) is 0 Å². The summed E-state index contributed by atoms with van der Waals surface area (Å²) in [6.07, 6.45) is 0. The Morgan fingerprint density at radius 3 is 1.81 bits per heavy atom. The fourth-order valence-corrected chi connectivity index (χ4v) is 3.72. The molecule has 0 unspecified atom stereocenters. The molecule has 0 atom stereocenters. The topological polar surface area (TPSA) is 74.6 Å². The van der Waals surface area contributed by atoms with Crippen LogP contribution < -0.4 is 0 Å². The van der Waals surface area contributed by atoms with Crippen LogP contribution in [-0.4, -0.2) is 21.8 Å². The minimum atomic E-state index is -0.453. The molecule has 26 heavy (non-hydrogen) atoms. The molecule has 0 spiro atoms. The summed E-state index contributed by atoms with van der Waals surface area (Å²) in [4.78, 5) is 25.9. The molecule has 0 heterocycles.